The second-order valence-corrected chi connectivity index (χ2v) is 7.36. The molecule has 0 N–H and O–H groups in total. The SMILES string of the molecule is O=C(CC1CCCCC1)N1CCCC1c1ccc2c(c1)OCCO2. The van der Waals surface area contributed by atoms with Gasteiger partial charge in [0, 0.05) is 13.0 Å². The van der Waals surface area contributed by atoms with Crippen LogP contribution in [0.3, 0.4) is 0 Å². The van der Waals surface area contributed by atoms with Crippen molar-refractivity contribution in [2.75, 3.05) is 19.8 Å². The number of fused-ring (bicyclic) bond motifs is 1. The molecule has 1 amide bonds. The van der Waals surface area contributed by atoms with Crippen LogP contribution in [0.4, 0.5) is 0 Å². The number of ether oxygens (including phenoxy) is 2. The standard InChI is InChI=1S/C20H27NO3/c22-20(13-15-5-2-1-3-6-15)21-10-4-7-17(21)16-8-9-18-19(14-16)24-12-11-23-18/h8-9,14-15,17H,1-7,10-13H2. The molecule has 0 bridgehead atoms. The van der Waals surface area contributed by atoms with Gasteiger partial charge in [0.25, 0.3) is 0 Å². The van der Waals surface area contributed by atoms with Crippen molar-refractivity contribution in [2.24, 2.45) is 5.92 Å². The molecule has 1 atom stereocenters. The summed E-state index contributed by atoms with van der Waals surface area (Å²) in [6.07, 6.45) is 9.27. The van der Waals surface area contributed by atoms with Gasteiger partial charge in [0.15, 0.2) is 11.5 Å². The predicted octanol–water partition coefficient (Wildman–Crippen LogP) is 4.09. The molecule has 1 saturated carbocycles. The Hall–Kier alpha value is -1.71. The Morgan fingerprint density at radius 1 is 1.00 bits per heavy atom. The fourth-order valence-electron chi connectivity index (χ4n) is 4.43. The van der Waals surface area contributed by atoms with E-state index in [2.05, 4.69) is 17.0 Å². The van der Waals surface area contributed by atoms with Gasteiger partial charge >= 0.3 is 0 Å². The minimum absolute atomic E-state index is 0.205. The molecule has 24 heavy (non-hydrogen) atoms. The first-order chi connectivity index (χ1) is 11.8. The van der Waals surface area contributed by atoms with E-state index in [1.165, 1.54) is 37.7 Å². The fourth-order valence-corrected chi connectivity index (χ4v) is 4.43. The van der Waals surface area contributed by atoms with Gasteiger partial charge in [-0.25, -0.2) is 0 Å². The van der Waals surface area contributed by atoms with E-state index < -0.39 is 0 Å². The molecule has 4 nitrogen and oxygen atoms in total. The van der Waals surface area contributed by atoms with E-state index in [4.69, 9.17) is 9.47 Å². The summed E-state index contributed by atoms with van der Waals surface area (Å²) in [7, 11) is 0. The Bertz CT molecular complexity index is 595. The van der Waals surface area contributed by atoms with E-state index in [0.717, 1.165) is 37.3 Å². The zero-order valence-electron chi connectivity index (χ0n) is 14.3. The number of rotatable bonds is 3. The predicted molar refractivity (Wildman–Crippen MR) is 92.3 cm³/mol. The van der Waals surface area contributed by atoms with Crippen molar-refractivity contribution in [1.82, 2.24) is 4.90 Å². The van der Waals surface area contributed by atoms with Gasteiger partial charge in [0.1, 0.15) is 13.2 Å². The highest BCUT2D eigenvalue weighted by Crippen LogP contribution is 2.39. The third-order valence-corrected chi connectivity index (χ3v) is 5.71. The van der Waals surface area contributed by atoms with Crippen molar-refractivity contribution in [3.05, 3.63) is 23.8 Å². The molecule has 3 aliphatic rings. The molecule has 1 aliphatic carbocycles. The minimum atomic E-state index is 0.205. The highest BCUT2D eigenvalue weighted by atomic mass is 16.6. The van der Waals surface area contributed by atoms with Gasteiger partial charge in [-0.15, -0.1) is 0 Å². The van der Waals surface area contributed by atoms with Gasteiger partial charge in [-0.1, -0.05) is 25.3 Å². The van der Waals surface area contributed by atoms with E-state index in [9.17, 15) is 4.79 Å². The molecule has 2 aliphatic heterocycles. The topological polar surface area (TPSA) is 38.8 Å². The molecule has 4 heteroatoms. The average molecular weight is 329 g/mol. The number of carbonyl (C=O) groups excluding carboxylic acids is 1. The molecular weight excluding hydrogens is 302 g/mol. The average Bonchev–Trinajstić information content (AvgIpc) is 3.12. The molecule has 1 aromatic rings. The quantitative estimate of drug-likeness (QED) is 0.838. The maximum absolute atomic E-state index is 12.9. The van der Waals surface area contributed by atoms with Crippen molar-refractivity contribution >= 4 is 5.91 Å². The number of nitrogens with zero attached hydrogens (tertiary/aromatic N) is 1. The van der Waals surface area contributed by atoms with Crippen LogP contribution in [0.15, 0.2) is 18.2 Å². The Kier molecular flexibility index (Phi) is 4.63. The zero-order valence-corrected chi connectivity index (χ0v) is 14.3. The van der Waals surface area contributed by atoms with Gasteiger partial charge in [-0.2, -0.15) is 0 Å². The van der Waals surface area contributed by atoms with E-state index in [-0.39, 0.29) is 6.04 Å². The number of hydrogen-bond donors (Lipinski definition) is 0. The molecule has 0 aromatic heterocycles. The van der Waals surface area contributed by atoms with Crippen molar-refractivity contribution in [2.45, 2.75) is 57.4 Å². The third-order valence-electron chi connectivity index (χ3n) is 5.71. The van der Waals surface area contributed by atoms with E-state index in [1.807, 2.05) is 6.07 Å². The number of carbonyl (C=O) groups is 1. The van der Waals surface area contributed by atoms with Crippen LogP contribution in [0.25, 0.3) is 0 Å². The van der Waals surface area contributed by atoms with Crippen molar-refractivity contribution in [3.63, 3.8) is 0 Å². The van der Waals surface area contributed by atoms with Crippen LogP contribution < -0.4 is 9.47 Å². The first-order valence-electron chi connectivity index (χ1n) is 9.50. The van der Waals surface area contributed by atoms with E-state index in [0.29, 0.717) is 25.0 Å². The van der Waals surface area contributed by atoms with E-state index in [1.54, 1.807) is 0 Å². The number of likely N-dealkylation sites (tertiary alicyclic amines) is 1. The van der Waals surface area contributed by atoms with Crippen LogP contribution in [0.5, 0.6) is 11.5 Å². The first kappa shape index (κ1) is 15.8. The van der Waals surface area contributed by atoms with Crippen LogP contribution in [-0.2, 0) is 4.79 Å². The fraction of sp³-hybridized carbons (Fsp3) is 0.650. The molecule has 0 radical (unpaired) electrons. The Labute approximate surface area is 144 Å². The second kappa shape index (κ2) is 7.04. The second-order valence-electron chi connectivity index (χ2n) is 7.36. The molecule has 4 rings (SSSR count). The van der Waals surface area contributed by atoms with Gasteiger partial charge in [-0.05, 0) is 49.3 Å². The van der Waals surface area contributed by atoms with Gasteiger partial charge < -0.3 is 14.4 Å². The van der Waals surface area contributed by atoms with Gasteiger partial charge in [-0.3, -0.25) is 4.79 Å². The van der Waals surface area contributed by atoms with Crippen LogP contribution in [0.1, 0.15) is 63.0 Å². The third kappa shape index (κ3) is 3.24. The molecule has 2 heterocycles. The summed E-state index contributed by atoms with van der Waals surface area (Å²) >= 11 is 0. The van der Waals surface area contributed by atoms with Gasteiger partial charge in [0.2, 0.25) is 5.91 Å². The lowest BCUT2D eigenvalue weighted by molar-refractivity contribution is -0.133. The van der Waals surface area contributed by atoms with Crippen LogP contribution in [0, 0.1) is 5.92 Å². The van der Waals surface area contributed by atoms with E-state index >= 15 is 0 Å². The molecular formula is C20H27NO3. The number of benzene rings is 1. The molecule has 1 aromatic carbocycles. The Balaban J connectivity index is 1.47. The monoisotopic (exact) mass is 329 g/mol. The number of amides is 1. The van der Waals surface area contributed by atoms with Crippen LogP contribution in [0.2, 0.25) is 0 Å². The maximum atomic E-state index is 12.9. The summed E-state index contributed by atoms with van der Waals surface area (Å²) in [5, 5.41) is 0. The first-order valence-corrected chi connectivity index (χ1v) is 9.50. The summed E-state index contributed by atoms with van der Waals surface area (Å²) in [6.45, 7) is 2.11. The molecule has 0 spiro atoms. The normalized spacial score (nSPS) is 24.2. The lowest BCUT2D eigenvalue weighted by atomic mass is 9.86. The highest BCUT2D eigenvalue weighted by molar-refractivity contribution is 5.77. The summed E-state index contributed by atoms with van der Waals surface area (Å²) in [5.74, 6) is 2.60. The molecule has 1 saturated heterocycles. The van der Waals surface area contributed by atoms with Crippen molar-refractivity contribution in [3.8, 4) is 11.5 Å². The zero-order chi connectivity index (χ0) is 16.4. The lowest BCUT2D eigenvalue weighted by Gasteiger charge is -2.29. The molecule has 2 fully saturated rings. The summed E-state index contributed by atoms with van der Waals surface area (Å²) in [4.78, 5) is 15.0. The largest absolute Gasteiger partial charge is 0.486 e. The smallest absolute Gasteiger partial charge is 0.223 e. The lowest BCUT2D eigenvalue weighted by Crippen LogP contribution is -2.32. The molecule has 1 unspecified atom stereocenters. The molecule has 130 valence electrons. The Morgan fingerprint density at radius 3 is 2.62 bits per heavy atom. The maximum Gasteiger partial charge on any atom is 0.223 e. The summed E-state index contributed by atoms with van der Waals surface area (Å²) < 4.78 is 11.3. The highest BCUT2D eigenvalue weighted by Gasteiger charge is 2.32. The summed E-state index contributed by atoms with van der Waals surface area (Å²) in [5.41, 5.74) is 1.19. The minimum Gasteiger partial charge on any atom is -0.486 e. The van der Waals surface area contributed by atoms with Crippen LogP contribution in [-0.4, -0.2) is 30.6 Å². The van der Waals surface area contributed by atoms with Gasteiger partial charge in [0.05, 0.1) is 6.04 Å². The Morgan fingerprint density at radius 2 is 1.79 bits per heavy atom. The number of hydrogen-bond acceptors (Lipinski definition) is 3. The summed E-state index contributed by atoms with van der Waals surface area (Å²) in [6, 6.07) is 6.37. The van der Waals surface area contributed by atoms with Crippen molar-refractivity contribution in [1.29, 1.82) is 0 Å². The van der Waals surface area contributed by atoms with Crippen LogP contribution >= 0.6 is 0 Å². The van der Waals surface area contributed by atoms with Crippen molar-refractivity contribution < 1.29 is 14.3 Å².